The van der Waals surface area contributed by atoms with Crippen molar-refractivity contribution in [3.05, 3.63) is 36.0 Å². The van der Waals surface area contributed by atoms with Gasteiger partial charge in [0.2, 0.25) is 0 Å². The minimum Gasteiger partial charge on any atom is -0.349 e. The second-order valence-corrected chi connectivity index (χ2v) is 3.50. The number of nitrogens with zero attached hydrogens (tertiary/aromatic N) is 1. The van der Waals surface area contributed by atoms with Crippen LogP contribution in [-0.2, 0) is 6.54 Å². The van der Waals surface area contributed by atoms with Crippen LogP contribution in [-0.4, -0.2) is 17.0 Å². The predicted molar refractivity (Wildman–Crippen MR) is 54.3 cm³/mol. The number of hydrogen-bond donors (Lipinski definition) is 1. The van der Waals surface area contributed by atoms with E-state index in [2.05, 4.69) is 16.0 Å². The third-order valence-corrected chi connectivity index (χ3v) is 2.66. The van der Waals surface area contributed by atoms with Crippen LogP contribution < -0.4 is 5.32 Å². The van der Waals surface area contributed by atoms with E-state index in [1.54, 1.807) is 0 Å². The van der Waals surface area contributed by atoms with Crippen LogP contribution >= 0.6 is 0 Å². The fourth-order valence-electron chi connectivity index (χ4n) is 2.01. The van der Waals surface area contributed by atoms with Gasteiger partial charge in [-0.2, -0.15) is 0 Å². The maximum Gasteiger partial charge on any atom is 0.268 e. The van der Waals surface area contributed by atoms with Gasteiger partial charge in [0.05, 0.1) is 0 Å². The lowest BCUT2D eigenvalue weighted by Crippen LogP contribution is -2.34. The summed E-state index contributed by atoms with van der Waals surface area (Å²) in [6.07, 6.45) is 0. The number of amides is 1. The largest absolute Gasteiger partial charge is 0.349 e. The van der Waals surface area contributed by atoms with Gasteiger partial charge in [0.15, 0.2) is 0 Å². The van der Waals surface area contributed by atoms with E-state index in [-0.39, 0.29) is 5.91 Å². The van der Waals surface area contributed by atoms with E-state index in [4.69, 9.17) is 0 Å². The zero-order valence-electron chi connectivity index (χ0n) is 7.66. The van der Waals surface area contributed by atoms with E-state index >= 15 is 0 Å². The Balaban J connectivity index is 2.38. The lowest BCUT2D eigenvalue weighted by molar-refractivity contribution is 0.0929. The second-order valence-electron chi connectivity index (χ2n) is 3.50. The molecule has 2 heterocycles. The summed E-state index contributed by atoms with van der Waals surface area (Å²) in [7, 11) is 0. The first kappa shape index (κ1) is 7.62. The van der Waals surface area contributed by atoms with Gasteiger partial charge in [0.25, 0.3) is 5.91 Å². The average molecular weight is 186 g/mol. The van der Waals surface area contributed by atoms with Crippen LogP contribution in [0.15, 0.2) is 30.3 Å². The third kappa shape index (κ3) is 0.894. The Morgan fingerprint density at radius 2 is 2.14 bits per heavy atom. The van der Waals surface area contributed by atoms with Crippen LogP contribution in [0.5, 0.6) is 0 Å². The molecule has 14 heavy (non-hydrogen) atoms. The number of rotatable bonds is 0. The van der Waals surface area contributed by atoms with Gasteiger partial charge in [-0.05, 0) is 12.1 Å². The average Bonchev–Trinajstić information content (AvgIpc) is 2.59. The first-order chi connectivity index (χ1) is 6.86. The Morgan fingerprint density at radius 1 is 1.29 bits per heavy atom. The van der Waals surface area contributed by atoms with Crippen LogP contribution in [0.1, 0.15) is 10.5 Å². The smallest absolute Gasteiger partial charge is 0.268 e. The van der Waals surface area contributed by atoms with E-state index in [0.717, 1.165) is 29.7 Å². The highest BCUT2D eigenvalue weighted by molar-refractivity contribution is 5.99. The molecule has 0 saturated carbocycles. The molecule has 0 fully saturated rings. The molecule has 1 aliphatic rings. The number of fused-ring (bicyclic) bond motifs is 3. The molecule has 3 heteroatoms. The van der Waals surface area contributed by atoms with Gasteiger partial charge in [0, 0.05) is 24.0 Å². The Labute approximate surface area is 81.3 Å². The molecule has 3 rings (SSSR count). The first-order valence-corrected chi connectivity index (χ1v) is 4.73. The minimum atomic E-state index is 0.0347. The molecule has 0 bridgehead atoms. The SMILES string of the molecule is O=C1NCCn2c1cc1ccccc12. The summed E-state index contributed by atoms with van der Waals surface area (Å²) in [4.78, 5) is 11.5. The van der Waals surface area contributed by atoms with Gasteiger partial charge in [0.1, 0.15) is 5.69 Å². The number of nitrogens with one attached hydrogen (secondary N) is 1. The Hall–Kier alpha value is -1.77. The molecule has 0 unspecified atom stereocenters. The minimum absolute atomic E-state index is 0.0347. The highest BCUT2D eigenvalue weighted by Crippen LogP contribution is 2.20. The molecule has 0 saturated heterocycles. The van der Waals surface area contributed by atoms with E-state index < -0.39 is 0 Å². The van der Waals surface area contributed by atoms with Gasteiger partial charge in [-0.15, -0.1) is 0 Å². The van der Waals surface area contributed by atoms with Crippen molar-refractivity contribution < 1.29 is 4.79 Å². The topological polar surface area (TPSA) is 34.0 Å². The molecule has 0 aliphatic carbocycles. The van der Waals surface area contributed by atoms with E-state index in [1.165, 1.54) is 0 Å². The van der Waals surface area contributed by atoms with Crippen molar-refractivity contribution in [2.24, 2.45) is 0 Å². The number of benzene rings is 1. The summed E-state index contributed by atoms with van der Waals surface area (Å²) < 4.78 is 2.08. The molecule has 2 aromatic rings. The third-order valence-electron chi connectivity index (χ3n) is 2.66. The first-order valence-electron chi connectivity index (χ1n) is 4.73. The highest BCUT2D eigenvalue weighted by atomic mass is 16.2. The zero-order chi connectivity index (χ0) is 9.54. The molecule has 1 aromatic carbocycles. The molecule has 1 amide bonds. The van der Waals surface area contributed by atoms with E-state index in [9.17, 15) is 4.79 Å². The van der Waals surface area contributed by atoms with Crippen molar-refractivity contribution in [2.75, 3.05) is 6.54 Å². The molecule has 1 aliphatic heterocycles. The number of carbonyl (C=O) groups is 1. The summed E-state index contributed by atoms with van der Waals surface area (Å²) in [5, 5.41) is 3.98. The summed E-state index contributed by atoms with van der Waals surface area (Å²) in [6, 6.07) is 10.0. The summed E-state index contributed by atoms with van der Waals surface area (Å²) in [6.45, 7) is 1.60. The van der Waals surface area contributed by atoms with E-state index in [1.807, 2.05) is 24.3 Å². The van der Waals surface area contributed by atoms with Gasteiger partial charge in [-0.25, -0.2) is 0 Å². The second kappa shape index (κ2) is 2.61. The van der Waals surface area contributed by atoms with Crippen molar-refractivity contribution in [1.82, 2.24) is 9.88 Å². The van der Waals surface area contributed by atoms with Crippen molar-refractivity contribution in [3.8, 4) is 0 Å². The number of hydrogen-bond acceptors (Lipinski definition) is 1. The van der Waals surface area contributed by atoms with Crippen molar-refractivity contribution >= 4 is 16.8 Å². The van der Waals surface area contributed by atoms with Crippen LogP contribution in [0.2, 0.25) is 0 Å². The van der Waals surface area contributed by atoms with Gasteiger partial charge in [-0.1, -0.05) is 18.2 Å². The van der Waals surface area contributed by atoms with Crippen LogP contribution in [0, 0.1) is 0 Å². The Bertz CT molecular complexity index is 513. The molecule has 3 nitrogen and oxygen atoms in total. The lowest BCUT2D eigenvalue weighted by Gasteiger charge is -2.16. The molecule has 1 N–H and O–H groups in total. The maximum absolute atomic E-state index is 11.5. The highest BCUT2D eigenvalue weighted by Gasteiger charge is 2.18. The quantitative estimate of drug-likeness (QED) is 0.662. The summed E-state index contributed by atoms with van der Waals surface area (Å²) >= 11 is 0. The van der Waals surface area contributed by atoms with Crippen molar-refractivity contribution in [3.63, 3.8) is 0 Å². The molecule has 0 atom stereocenters. The summed E-state index contributed by atoms with van der Waals surface area (Å²) in [5.41, 5.74) is 1.93. The fourth-order valence-corrected chi connectivity index (χ4v) is 2.01. The number of para-hydroxylation sites is 1. The van der Waals surface area contributed by atoms with Crippen LogP contribution in [0.25, 0.3) is 10.9 Å². The van der Waals surface area contributed by atoms with Crippen LogP contribution in [0.3, 0.4) is 0 Å². The van der Waals surface area contributed by atoms with Crippen molar-refractivity contribution in [2.45, 2.75) is 6.54 Å². The van der Waals surface area contributed by atoms with Crippen molar-refractivity contribution in [1.29, 1.82) is 0 Å². The number of carbonyl (C=O) groups excluding carboxylic acids is 1. The lowest BCUT2D eigenvalue weighted by atomic mass is 10.2. The Morgan fingerprint density at radius 3 is 3.07 bits per heavy atom. The van der Waals surface area contributed by atoms with E-state index in [0.29, 0.717) is 0 Å². The molecule has 0 radical (unpaired) electrons. The predicted octanol–water partition coefficient (Wildman–Crippen LogP) is 1.38. The Kier molecular flexibility index (Phi) is 1.42. The molecule has 70 valence electrons. The maximum atomic E-state index is 11.5. The summed E-state index contributed by atoms with van der Waals surface area (Å²) in [5.74, 6) is 0.0347. The van der Waals surface area contributed by atoms with Gasteiger partial charge in [-0.3, -0.25) is 4.79 Å². The molecule has 1 aromatic heterocycles. The van der Waals surface area contributed by atoms with Crippen LogP contribution in [0.4, 0.5) is 0 Å². The van der Waals surface area contributed by atoms with Gasteiger partial charge < -0.3 is 9.88 Å². The molecular weight excluding hydrogens is 176 g/mol. The normalized spacial score (nSPS) is 15.3. The molecule has 0 spiro atoms. The number of aromatic nitrogens is 1. The standard InChI is InChI=1S/C11H10N2O/c14-11-10-7-8-3-1-2-4-9(8)13(10)6-5-12-11/h1-4,7H,5-6H2,(H,12,14). The monoisotopic (exact) mass is 186 g/mol. The fraction of sp³-hybridized carbons (Fsp3) is 0.182. The zero-order valence-corrected chi connectivity index (χ0v) is 7.66. The molecular formula is C11H10N2O. The van der Waals surface area contributed by atoms with Gasteiger partial charge >= 0.3 is 0 Å².